The maximum Gasteiger partial charge on any atom is 0.0969 e. The van der Waals surface area contributed by atoms with Crippen molar-refractivity contribution < 1.29 is 0 Å². The standard InChI is InChI=1S/C13H15NS/c1-8-3-4-12-11(7-8)14-13(15-12)10-5-9(2)6-10/h3-4,7,9-10H,5-6H2,1-2H3. The van der Waals surface area contributed by atoms with Crippen LogP contribution in [-0.4, -0.2) is 4.98 Å². The highest BCUT2D eigenvalue weighted by molar-refractivity contribution is 7.18. The summed E-state index contributed by atoms with van der Waals surface area (Å²) in [5.74, 6) is 1.65. The lowest BCUT2D eigenvalue weighted by Gasteiger charge is -2.30. The van der Waals surface area contributed by atoms with E-state index in [-0.39, 0.29) is 0 Å². The van der Waals surface area contributed by atoms with Gasteiger partial charge in [-0.3, -0.25) is 0 Å². The zero-order chi connectivity index (χ0) is 10.4. The molecular formula is C13H15NS. The summed E-state index contributed by atoms with van der Waals surface area (Å²) >= 11 is 1.88. The molecule has 1 fully saturated rings. The zero-order valence-electron chi connectivity index (χ0n) is 9.16. The van der Waals surface area contributed by atoms with Gasteiger partial charge in [-0.1, -0.05) is 13.0 Å². The van der Waals surface area contributed by atoms with Gasteiger partial charge in [0, 0.05) is 5.92 Å². The van der Waals surface area contributed by atoms with Crippen LogP contribution in [0.2, 0.25) is 0 Å². The van der Waals surface area contributed by atoms with Crippen molar-refractivity contribution in [3.63, 3.8) is 0 Å². The van der Waals surface area contributed by atoms with E-state index in [9.17, 15) is 0 Å². The molecule has 0 aliphatic heterocycles. The van der Waals surface area contributed by atoms with Gasteiger partial charge in [0.25, 0.3) is 0 Å². The molecule has 1 aromatic carbocycles. The number of nitrogens with zero attached hydrogens (tertiary/aromatic N) is 1. The van der Waals surface area contributed by atoms with E-state index >= 15 is 0 Å². The van der Waals surface area contributed by atoms with Crippen LogP contribution in [0.3, 0.4) is 0 Å². The molecular weight excluding hydrogens is 202 g/mol. The Kier molecular flexibility index (Phi) is 2.06. The Labute approximate surface area is 94.2 Å². The van der Waals surface area contributed by atoms with Crippen molar-refractivity contribution in [2.75, 3.05) is 0 Å². The predicted molar refractivity (Wildman–Crippen MR) is 65.5 cm³/mol. The summed E-state index contributed by atoms with van der Waals surface area (Å²) in [6.45, 7) is 4.46. The fraction of sp³-hybridized carbons (Fsp3) is 0.462. The Morgan fingerprint density at radius 3 is 2.87 bits per heavy atom. The number of aryl methyl sites for hydroxylation is 1. The molecule has 0 bridgehead atoms. The molecule has 0 saturated heterocycles. The van der Waals surface area contributed by atoms with Gasteiger partial charge in [-0.05, 0) is 43.4 Å². The monoisotopic (exact) mass is 217 g/mol. The second kappa shape index (κ2) is 3.31. The highest BCUT2D eigenvalue weighted by Gasteiger charge is 2.29. The molecule has 1 saturated carbocycles. The van der Waals surface area contributed by atoms with Crippen LogP contribution in [0.5, 0.6) is 0 Å². The molecule has 0 radical (unpaired) electrons. The van der Waals surface area contributed by atoms with E-state index in [1.54, 1.807) is 0 Å². The highest BCUT2D eigenvalue weighted by Crippen LogP contribution is 2.43. The molecule has 2 aromatic rings. The van der Waals surface area contributed by atoms with Crippen LogP contribution < -0.4 is 0 Å². The fourth-order valence-electron chi connectivity index (χ4n) is 2.33. The first-order valence-corrected chi connectivity index (χ1v) is 6.41. The third-order valence-corrected chi connectivity index (χ3v) is 4.48. The van der Waals surface area contributed by atoms with Gasteiger partial charge in [-0.25, -0.2) is 4.98 Å². The smallest absolute Gasteiger partial charge is 0.0969 e. The molecule has 1 aliphatic rings. The average molecular weight is 217 g/mol. The Morgan fingerprint density at radius 2 is 2.13 bits per heavy atom. The van der Waals surface area contributed by atoms with Crippen LogP contribution >= 0.6 is 11.3 Å². The summed E-state index contributed by atoms with van der Waals surface area (Å²) in [4.78, 5) is 4.75. The molecule has 1 nitrogen and oxygen atoms in total. The van der Waals surface area contributed by atoms with Gasteiger partial charge >= 0.3 is 0 Å². The molecule has 0 spiro atoms. The summed E-state index contributed by atoms with van der Waals surface area (Å²) in [5, 5.41) is 1.36. The van der Waals surface area contributed by atoms with Crippen molar-refractivity contribution in [1.82, 2.24) is 4.98 Å². The number of benzene rings is 1. The van der Waals surface area contributed by atoms with E-state index in [4.69, 9.17) is 4.98 Å². The molecule has 0 N–H and O–H groups in total. The largest absolute Gasteiger partial charge is 0.241 e. The average Bonchev–Trinajstić information content (AvgIpc) is 2.55. The van der Waals surface area contributed by atoms with Crippen LogP contribution in [0.15, 0.2) is 18.2 Å². The minimum absolute atomic E-state index is 0.748. The Balaban J connectivity index is 1.99. The molecule has 15 heavy (non-hydrogen) atoms. The third-order valence-electron chi connectivity index (χ3n) is 3.28. The quantitative estimate of drug-likeness (QED) is 0.700. The lowest BCUT2D eigenvalue weighted by atomic mass is 9.77. The summed E-state index contributed by atoms with van der Waals surface area (Å²) < 4.78 is 1.34. The Morgan fingerprint density at radius 1 is 1.33 bits per heavy atom. The van der Waals surface area contributed by atoms with Crippen molar-refractivity contribution in [3.05, 3.63) is 28.8 Å². The third kappa shape index (κ3) is 1.57. The molecule has 1 aromatic heterocycles. The molecule has 0 amide bonds. The number of hydrogen-bond donors (Lipinski definition) is 0. The van der Waals surface area contributed by atoms with Crippen molar-refractivity contribution >= 4 is 21.6 Å². The second-order valence-corrected chi connectivity index (χ2v) is 5.86. The first-order valence-electron chi connectivity index (χ1n) is 5.59. The molecule has 0 atom stereocenters. The van der Waals surface area contributed by atoms with E-state index in [1.165, 1.54) is 33.6 Å². The fourth-order valence-corrected chi connectivity index (χ4v) is 3.41. The maximum absolute atomic E-state index is 4.75. The van der Waals surface area contributed by atoms with Gasteiger partial charge in [0.2, 0.25) is 0 Å². The van der Waals surface area contributed by atoms with Crippen molar-refractivity contribution in [2.24, 2.45) is 5.92 Å². The van der Waals surface area contributed by atoms with Crippen LogP contribution in [0.1, 0.15) is 36.3 Å². The first kappa shape index (κ1) is 9.34. The predicted octanol–water partition coefficient (Wildman–Crippen LogP) is 4.12. The summed E-state index contributed by atoms with van der Waals surface area (Å²) in [5.41, 5.74) is 2.50. The number of hydrogen-bond acceptors (Lipinski definition) is 2. The molecule has 78 valence electrons. The van der Waals surface area contributed by atoms with Crippen molar-refractivity contribution in [2.45, 2.75) is 32.6 Å². The lowest BCUT2D eigenvalue weighted by Crippen LogP contribution is -2.18. The van der Waals surface area contributed by atoms with E-state index in [1.807, 2.05) is 11.3 Å². The number of rotatable bonds is 1. The van der Waals surface area contributed by atoms with E-state index in [2.05, 4.69) is 32.0 Å². The van der Waals surface area contributed by atoms with Crippen molar-refractivity contribution in [1.29, 1.82) is 0 Å². The van der Waals surface area contributed by atoms with Crippen molar-refractivity contribution in [3.8, 4) is 0 Å². The molecule has 3 rings (SSSR count). The lowest BCUT2D eigenvalue weighted by molar-refractivity contribution is 0.288. The van der Waals surface area contributed by atoms with Crippen LogP contribution in [0, 0.1) is 12.8 Å². The van der Waals surface area contributed by atoms with Gasteiger partial charge in [0.05, 0.1) is 15.2 Å². The van der Waals surface area contributed by atoms with Crippen LogP contribution in [0.25, 0.3) is 10.2 Å². The molecule has 1 heterocycles. The minimum Gasteiger partial charge on any atom is -0.241 e. The number of fused-ring (bicyclic) bond motifs is 1. The Bertz CT molecular complexity index is 494. The van der Waals surface area contributed by atoms with Crippen LogP contribution in [-0.2, 0) is 0 Å². The van der Waals surface area contributed by atoms with Gasteiger partial charge in [0.1, 0.15) is 0 Å². The van der Waals surface area contributed by atoms with E-state index < -0.39 is 0 Å². The number of thiazole rings is 1. The first-order chi connectivity index (χ1) is 7.22. The van der Waals surface area contributed by atoms with Crippen LogP contribution in [0.4, 0.5) is 0 Å². The summed E-state index contributed by atoms with van der Waals surface area (Å²) in [6.07, 6.45) is 2.66. The van der Waals surface area contributed by atoms with E-state index in [0.717, 1.165) is 11.8 Å². The minimum atomic E-state index is 0.748. The van der Waals surface area contributed by atoms with Gasteiger partial charge in [0.15, 0.2) is 0 Å². The molecule has 0 unspecified atom stereocenters. The topological polar surface area (TPSA) is 12.9 Å². The maximum atomic E-state index is 4.75. The second-order valence-electron chi connectivity index (χ2n) is 4.80. The van der Waals surface area contributed by atoms with Gasteiger partial charge in [-0.15, -0.1) is 11.3 Å². The highest BCUT2D eigenvalue weighted by atomic mass is 32.1. The van der Waals surface area contributed by atoms with E-state index in [0.29, 0.717) is 0 Å². The van der Waals surface area contributed by atoms with Gasteiger partial charge in [-0.2, -0.15) is 0 Å². The number of aromatic nitrogens is 1. The Hall–Kier alpha value is -0.890. The molecule has 2 heteroatoms. The zero-order valence-corrected chi connectivity index (χ0v) is 9.97. The molecule has 1 aliphatic carbocycles. The SMILES string of the molecule is Cc1ccc2sc(C3CC(C)C3)nc2c1. The normalized spacial score (nSPS) is 25.5. The summed E-state index contributed by atoms with van der Waals surface area (Å²) in [6, 6.07) is 6.57. The van der Waals surface area contributed by atoms with Gasteiger partial charge < -0.3 is 0 Å². The summed E-state index contributed by atoms with van der Waals surface area (Å²) in [7, 11) is 0.